The number of hydrogen-bond donors (Lipinski definition) is 3. The molecule has 204 valence electrons. The number of nitrogens with zero attached hydrogens (tertiary/aromatic N) is 1. The van der Waals surface area contributed by atoms with E-state index >= 15 is 0 Å². The Morgan fingerprint density at radius 3 is 2.46 bits per heavy atom. The number of benzene rings is 3. The zero-order valence-corrected chi connectivity index (χ0v) is 22.5. The lowest BCUT2D eigenvalue weighted by Gasteiger charge is -2.23. The van der Waals surface area contributed by atoms with Crippen molar-refractivity contribution in [2.45, 2.75) is 37.2 Å². The fraction of sp³-hybridized carbons (Fsp3) is 0.231. The van der Waals surface area contributed by atoms with Crippen LogP contribution in [0.2, 0.25) is 0 Å². The normalized spacial score (nSPS) is 15.2. The highest BCUT2D eigenvalue weighted by atomic mass is 32.3. The average Bonchev–Trinajstić information content (AvgIpc) is 2.91. The second-order valence-electron chi connectivity index (χ2n) is 8.94. The van der Waals surface area contributed by atoms with E-state index in [1.54, 1.807) is 36.2 Å². The molecule has 0 radical (unpaired) electrons. The molecule has 1 aliphatic heterocycles. The van der Waals surface area contributed by atoms with Crippen LogP contribution >= 0.6 is 0 Å². The number of hydrogen-bond acceptors (Lipinski definition) is 8. The number of carbonyl (C=O) groups is 2. The number of carbonyl (C=O) groups excluding carboxylic acids is 1. The Morgan fingerprint density at radius 2 is 1.79 bits per heavy atom. The summed E-state index contributed by atoms with van der Waals surface area (Å²) in [4.78, 5) is 23.0. The van der Waals surface area contributed by atoms with Gasteiger partial charge in [-0.15, -0.1) is 6.42 Å². The number of fused-ring (bicyclic) bond motifs is 3. The van der Waals surface area contributed by atoms with Gasteiger partial charge in [-0.2, -0.15) is 8.42 Å². The molecule has 0 amide bonds. The molecular weight excluding hydrogens is 546 g/mol. The molecule has 11 nitrogen and oxygen atoms in total. The van der Waals surface area contributed by atoms with Crippen molar-refractivity contribution in [2.75, 3.05) is 10.8 Å². The zero-order chi connectivity index (χ0) is 28.5. The van der Waals surface area contributed by atoms with E-state index in [4.69, 9.17) is 16.3 Å². The SMILES string of the molecule is C#C[C@H](N[C@@H](C)CC(=O)O)c1ccc(S(=O)(=O)NS(=O)(=O)N2CC(=O)Oc3cccc2c3C)c2ccccc12. The van der Waals surface area contributed by atoms with Gasteiger partial charge in [0.1, 0.15) is 12.3 Å². The summed E-state index contributed by atoms with van der Waals surface area (Å²) >= 11 is 0. The molecular formula is C26H25N3O8S2. The van der Waals surface area contributed by atoms with Crippen molar-refractivity contribution in [3.05, 3.63) is 65.7 Å². The van der Waals surface area contributed by atoms with Crippen molar-refractivity contribution in [1.29, 1.82) is 0 Å². The van der Waals surface area contributed by atoms with Crippen LogP contribution in [0.1, 0.15) is 30.5 Å². The van der Waals surface area contributed by atoms with E-state index in [0.717, 1.165) is 0 Å². The molecule has 4 rings (SSSR count). The van der Waals surface area contributed by atoms with E-state index in [1.807, 2.05) is 0 Å². The molecule has 2 bridgehead atoms. The van der Waals surface area contributed by atoms with Crippen molar-refractivity contribution >= 4 is 48.6 Å². The number of rotatable bonds is 9. The third-order valence-electron chi connectivity index (χ3n) is 6.14. The number of terminal acetylenes is 1. The summed E-state index contributed by atoms with van der Waals surface area (Å²) in [7, 11) is -9.50. The molecule has 3 aromatic rings. The lowest BCUT2D eigenvalue weighted by molar-refractivity contribution is -0.137. The van der Waals surface area contributed by atoms with Crippen molar-refractivity contribution in [3.8, 4) is 18.1 Å². The van der Waals surface area contributed by atoms with Gasteiger partial charge in [0.2, 0.25) is 0 Å². The third kappa shape index (κ3) is 5.74. The fourth-order valence-electron chi connectivity index (χ4n) is 4.40. The molecule has 0 fully saturated rings. The first kappa shape index (κ1) is 28.1. The Balaban J connectivity index is 1.73. The maximum Gasteiger partial charge on any atom is 0.332 e. The number of carboxylic acid groups (broad SMARTS) is 1. The maximum atomic E-state index is 13.5. The van der Waals surface area contributed by atoms with Crippen LogP contribution in [-0.4, -0.2) is 46.5 Å². The number of anilines is 1. The summed E-state index contributed by atoms with van der Waals surface area (Å²) in [5, 5.41) is 12.7. The molecule has 0 aliphatic carbocycles. The van der Waals surface area contributed by atoms with Crippen LogP contribution in [0.25, 0.3) is 10.8 Å². The monoisotopic (exact) mass is 571 g/mol. The Morgan fingerprint density at radius 1 is 1.10 bits per heavy atom. The quantitative estimate of drug-likeness (QED) is 0.199. The van der Waals surface area contributed by atoms with E-state index in [2.05, 4.69) is 11.2 Å². The van der Waals surface area contributed by atoms with Gasteiger partial charge in [0.15, 0.2) is 0 Å². The minimum absolute atomic E-state index is 0.0969. The summed E-state index contributed by atoms with van der Waals surface area (Å²) in [6, 6.07) is 12.3. The number of nitrogens with one attached hydrogen (secondary N) is 2. The van der Waals surface area contributed by atoms with Gasteiger partial charge < -0.3 is 9.84 Å². The van der Waals surface area contributed by atoms with Crippen LogP contribution in [-0.2, 0) is 29.8 Å². The molecule has 0 spiro atoms. The number of aliphatic carboxylic acids is 1. The second-order valence-corrected chi connectivity index (χ2v) is 12.4. The van der Waals surface area contributed by atoms with Gasteiger partial charge in [-0.1, -0.05) is 46.4 Å². The van der Waals surface area contributed by atoms with Gasteiger partial charge in [0.05, 0.1) is 23.0 Å². The minimum atomic E-state index is -4.80. The van der Waals surface area contributed by atoms with Gasteiger partial charge in [0, 0.05) is 17.0 Å². The van der Waals surface area contributed by atoms with Crippen molar-refractivity contribution in [1.82, 2.24) is 9.44 Å². The Kier molecular flexibility index (Phi) is 7.67. The highest BCUT2D eigenvalue weighted by Crippen LogP contribution is 2.34. The van der Waals surface area contributed by atoms with Crippen LogP contribution in [0, 0.1) is 19.3 Å². The summed E-state index contributed by atoms with van der Waals surface area (Å²) < 4.78 is 61.2. The lowest BCUT2D eigenvalue weighted by atomic mass is 9.98. The smallest absolute Gasteiger partial charge is 0.332 e. The number of sulfonamides is 1. The van der Waals surface area contributed by atoms with E-state index in [9.17, 15) is 26.4 Å². The van der Waals surface area contributed by atoms with Crippen molar-refractivity contribution < 1.29 is 36.3 Å². The van der Waals surface area contributed by atoms with Gasteiger partial charge in [0.25, 0.3) is 10.0 Å². The average molecular weight is 572 g/mol. The van der Waals surface area contributed by atoms with Gasteiger partial charge >= 0.3 is 22.1 Å². The van der Waals surface area contributed by atoms with Crippen LogP contribution in [0.5, 0.6) is 5.75 Å². The third-order valence-corrected chi connectivity index (χ3v) is 9.70. The molecule has 3 aromatic carbocycles. The first-order chi connectivity index (χ1) is 18.3. The zero-order valence-electron chi connectivity index (χ0n) is 20.9. The first-order valence-electron chi connectivity index (χ1n) is 11.7. The molecule has 1 heterocycles. The summed E-state index contributed by atoms with van der Waals surface area (Å²) in [6.45, 7) is 2.48. The second kappa shape index (κ2) is 10.7. The molecule has 3 N–H and O–H groups in total. The lowest BCUT2D eigenvalue weighted by Crippen LogP contribution is -2.46. The van der Waals surface area contributed by atoms with Gasteiger partial charge in [-0.25, -0.2) is 17.5 Å². The van der Waals surface area contributed by atoms with Crippen molar-refractivity contribution in [2.24, 2.45) is 0 Å². The van der Waals surface area contributed by atoms with E-state index < -0.39 is 50.8 Å². The molecule has 0 saturated heterocycles. The van der Waals surface area contributed by atoms with Crippen LogP contribution in [0.15, 0.2) is 59.5 Å². The van der Waals surface area contributed by atoms with Gasteiger partial charge in [-0.3, -0.25) is 10.1 Å². The Bertz CT molecular complexity index is 1730. The molecule has 13 heteroatoms. The molecule has 39 heavy (non-hydrogen) atoms. The predicted molar refractivity (Wildman–Crippen MR) is 144 cm³/mol. The number of carboxylic acids is 1. The number of ether oxygens (including phenoxy) is 1. The summed E-state index contributed by atoms with van der Waals surface area (Å²) in [6.07, 6.45) is 5.53. The summed E-state index contributed by atoms with van der Waals surface area (Å²) in [5.41, 5.74) is 0.959. The highest BCUT2D eigenvalue weighted by molar-refractivity contribution is 8.05. The molecule has 0 saturated carbocycles. The molecule has 1 aliphatic rings. The van der Waals surface area contributed by atoms with Crippen LogP contribution in [0.4, 0.5) is 5.69 Å². The van der Waals surface area contributed by atoms with Crippen molar-refractivity contribution in [3.63, 3.8) is 0 Å². The first-order valence-corrected chi connectivity index (χ1v) is 14.6. The predicted octanol–water partition coefficient (Wildman–Crippen LogP) is 2.22. The maximum absolute atomic E-state index is 13.5. The van der Waals surface area contributed by atoms with E-state index in [-0.39, 0.29) is 28.1 Å². The van der Waals surface area contributed by atoms with E-state index in [0.29, 0.717) is 20.8 Å². The highest BCUT2D eigenvalue weighted by Gasteiger charge is 2.35. The summed E-state index contributed by atoms with van der Waals surface area (Å²) in [5.74, 6) is 0.849. The fourth-order valence-corrected chi connectivity index (χ4v) is 7.67. The van der Waals surface area contributed by atoms with Crippen LogP contribution < -0.4 is 18.5 Å². The van der Waals surface area contributed by atoms with E-state index in [1.165, 1.54) is 36.4 Å². The topological polar surface area (TPSA) is 159 Å². The Hall–Kier alpha value is -3.96. The Labute approximate surface area is 226 Å². The van der Waals surface area contributed by atoms with Gasteiger partial charge in [-0.05, 0) is 43.0 Å². The minimum Gasteiger partial charge on any atom is -0.481 e. The standard InChI is InChI=1S/C26H25N3O8S2/c1-4-21(27-16(2)14-25(30)31)19-12-13-24(20-9-6-5-8-18(19)20)38(33,34)28-39(35,36)29-15-26(32)37-23-11-7-10-22(29)17(23)3/h1,5-13,16,21,27-28H,14-15H2,2-3H3,(H,30,31)/t16-,21-/m0/s1. The molecule has 0 aromatic heterocycles. The molecule has 2 atom stereocenters. The van der Waals surface area contributed by atoms with Crippen LogP contribution in [0.3, 0.4) is 0 Å². The number of esters is 1. The molecule has 0 unspecified atom stereocenters. The largest absolute Gasteiger partial charge is 0.481 e.